The van der Waals surface area contributed by atoms with E-state index in [1.165, 1.54) is 25.3 Å². The largest absolute Gasteiger partial charge is 0.508 e. The molecule has 3 aromatic carbocycles. The first-order valence-electron chi connectivity index (χ1n) is 12.1. The quantitative estimate of drug-likeness (QED) is 0.310. The molecule has 0 unspecified atom stereocenters. The average Bonchev–Trinajstić information content (AvgIpc) is 2.86. The van der Waals surface area contributed by atoms with Crippen LogP contribution in [-0.4, -0.2) is 36.2 Å². The maximum Gasteiger partial charge on any atom is 0.344 e. The fourth-order valence-electron chi connectivity index (χ4n) is 4.77. The first kappa shape index (κ1) is 23.5. The molecule has 5 nitrogen and oxygen atoms in total. The number of benzene rings is 3. The predicted octanol–water partition coefficient (Wildman–Crippen LogP) is 6.27. The van der Waals surface area contributed by atoms with Gasteiger partial charge in [-0.05, 0) is 85.4 Å². The molecule has 0 aliphatic carbocycles. The number of phenols is 1. The molecule has 0 saturated carbocycles. The van der Waals surface area contributed by atoms with Gasteiger partial charge >= 0.3 is 5.63 Å². The highest BCUT2D eigenvalue weighted by Crippen LogP contribution is 2.32. The minimum atomic E-state index is -0.450. The lowest BCUT2D eigenvalue weighted by Gasteiger charge is -2.26. The summed E-state index contributed by atoms with van der Waals surface area (Å²) in [7, 11) is 0. The molecule has 1 aromatic heterocycles. The van der Waals surface area contributed by atoms with E-state index in [0.29, 0.717) is 29.2 Å². The zero-order chi connectivity index (χ0) is 24.2. The van der Waals surface area contributed by atoms with Gasteiger partial charge in [-0.15, -0.1) is 0 Å². The van der Waals surface area contributed by atoms with Gasteiger partial charge in [0.15, 0.2) is 0 Å². The van der Waals surface area contributed by atoms with Crippen molar-refractivity contribution in [1.29, 1.82) is 0 Å². The number of phenolic OH excluding ortho intramolecular Hbond substituents is 1. The lowest BCUT2D eigenvalue weighted by molar-refractivity contribution is 0.183. The Morgan fingerprint density at radius 1 is 0.971 bits per heavy atom. The zero-order valence-electron chi connectivity index (χ0n) is 19.5. The maximum atomic E-state index is 13.1. The summed E-state index contributed by atoms with van der Waals surface area (Å²) in [4.78, 5) is 15.5. The fourth-order valence-corrected chi connectivity index (χ4v) is 4.90. The topological polar surface area (TPSA) is 62.9 Å². The Hall–Kier alpha value is -3.28. The maximum absolute atomic E-state index is 13.1. The first-order valence-corrected chi connectivity index (χ1v) is 12.4. The Bertz CT molecular complexity index is 1370. The lowest BCUT2D eigenvalue weighted by Crippen LogP contribution is -2.33. The van der Waals surface area contributed by atoms with Gasteiger partial charge in [0.1, 0.15) is 23.7 Å². The van der Waals surface area contributed by atoms with Gasteiger partial charge in [-0.2, -0.15) is 0 Å². The fraction of sp³-hybridized carbons (Fsp3) is 0.276. The highest BCUT2D eigenvalue weighted by molar-refractivity contribution is 6.30. The summed E-state index contributed by atoms with van der Waals surface area (Å²) in [5, 5.41) is 11.3. The molecule has 1 saturated heterocycles. The molecule has 0 bridgehead atoms. The number of ether oxygens (including phenoxy) is 1. The Kier molecular flexibility index (Phi) is 7.07. The summed E-state index contributed by atoms with van der Waals surface area (Å²) in [5.41, 5.74) is 3.00. The molecular formula is C29H28ClNO4. The van der Waals surface area contributed by atoms with Crippen LogP contribution in [0.5, 0.6) is 11.5 Å². The van der Waals surface area contributed by atoms with Crippen LogP contribution in [0.4, 0.5) is 0 Å². The number of rotatable bonds is 7. The molecule has 180 valence electrons. The van der Waals surface area contributed by atoms with E-state index in [1.807, 2.05) is 36.4 Å². The van der Waals surface area contributed by atoms with Crippen molar-refractivity contribution in [2.24, 2.45) is 0 Å². The summed E-state index contributed by atoms with van der Waals surface area (Å²) in [6, 6.07) is 20.1. The van der Waals surface area contributed by atoms with E-state index in [0.717, 1.165) is 47.5 Å². The van der Waals surface area contributed by atoms with E-state index in [1.54, 1.807) is 24.3 Å². The molecule has 35 heavy (non-hydrogen) atoms. The van der Waals surface area contributed by atoms with E-state index >= 15 is 0 Å². The number of halogens is 1. The van der Waals surface area contributed by atoms with Crippen molar-refractivity contribution in [3.63, 3.8) is 0 Å². The second-order valence-corrected chi connectivity index (χ2v) is 9.44. The first-order chi connectivity index (χ1) is 17.1. The molecule has 2 heterocycles. The van der Waals surface area contributed by atoms with Gasteiger partial charge in [-0.1, -0.05) is 42.3 Å². The van der Waals surface area contributed by atoms with Crippen LogP contribution in [-0.2, 0) is 6.42 Å². The van der Waals surface area contributed by atoms with Crippen molar-refractivity contribution < 1.29 is 14.3 Å². The normalized spacial score (nSPS) is 14.3. The molecule has 1 aliphatic rings. The molecule has 1 aliphatic heterocycles. The van der Waals surface area contributed by atoms with Crippen LogP contribution in [0.15, 0.2) is 75.9 Å². The van der Waals surface area contributed by atoms with Crippen molar-refractivity contribution in [2.75, 3.05) is 26.2 Å². The summed E-state index contributed by atoms with van der Waals surface area (Å²) in [6.45, 7) is 3.88. The van der Waals surface area contributed by atoms with Crippen LogP contribution in [0.1, 0.15) is 30.4 Å². The number of likely N-dealkylation sites (tertiary alicyclic amines) is 1. The smallest absolute Gasteiger partial charge is 0.344 e. The van der Waals surface area contributed by atoms with Crippen LogP contribution in [0.2, 0.25) is 5.02 Å². The van der Waals surface area contributed by atoms with Gasteiger partial charge in [-0.25, -0.2) is 4.79 Å². The summed E-state index contributed by atoms with van der Waals surface area (Å²) in [5.74, 6) is 0.868. The van der Waals surface area contributed by atoms with Crippen LogP contribution in [0.3, 0.4) is 0 Å². The van der Waals surface area contributed by atoms with Crippen molar-refractivity contribution >= 4 is 22.6 Å². The van der Waals surface area contributed by atoms with Gasteiger partial charge in [0.25, 0.3) is 0 Å². The minimum absolute atomic E-state index is 0.0509. The summed E-state index contributed by atoms with van der Waals surface area (Å²) < 4.78 is 11.7. The molecule has 1 N–H and O–H groups in total. The van der Waals surface area contributed by atoms with Crippen LogP contribution >= 0.6 is 11.6 Å². The predicted molar refractivity (Wildman–Crippen MR) is 140 cm³/mol. The Morgan fingerprint density at radius 2 is 1.77 bits per heavy atom. The van der Waals surface area contributed by atoms with Gasteiger partial charge in [0, 0.05) is 23.0 Å². The highest BCUT2D eigenvalue weighted by atomic mass is 35.5. The Labute approximate surface area is 209 Å². The average molecular weight is 490 g/mol. The molecule has 4 aromatic rings. The number of nitrogens with zero attached hydrogens (tertiary/aromatic N) is 1. The van der Waals surface area contributed by atoms with E-state index in [4.69, 9.17) is 20.8 Å². The molecular weight excluding hydrogens is 462 g/mol. The lowest BCUT2D eigenvalue weighted by atomic mass is 9.93. The van der Waals surface area contributed by atoms with Gasteiger partial charge in [0.2, 0.25) is 0 Å². The van der Waals surface area contributed by atoms with Gasteiger partial charge in [0.05, 0.1) is 5.56 Å². The molecule has 5 rings (SSSR count). The second kappa shape index (κ2) is 10.5. The monoisotopic (exact) mass is 489 g/mol. The number of hydrogen-bond donors (Lipinski definition) is 1. The molecule has 1 fully saturated rings. The third-order valence-corrected chi connectivity index (χ3v) is 6.79. The van der Waals surface area contributed by atoms with Crippen LogP contribution < -0.4 is 10.4 Å². The van der Waals surface area contributed by atoms with Gasteiger partial charge < -0.3 is 14.3 Å². The molecule has 0 spiro atoms. The molecule has 0 amide bonds. The van der Waals surface area contributed by atoms with E-state index in [-0.39, 0.29) is 5.75 Å². The molecule has 0 radical (unpaired) electrons. The van der Waals surface area contributed by atoms with E-state index < -0.39 is 5.63 Å². The summed E-state index contributed by atoms with van der Waals surface area (Å²) in [6.07, 6.45) is 4.36. The van der Waals surface area contributed by atoms with Crippen molar-refractivity contribution in [3.05, 3.63) is 93.3 Å². The van der Waals surface area contributed by atoms with Crippen molar-refractivity contribution in [2.45, 2.75) is 25.7 Å². The van der Waals surface area contributed by atoms with Crippen molar-refractivity contribution in [3.8, 4) is 22.6 Å². The summed E-state index contributed by atoms with van der Waals surface area (Å²) >= 11 is 6.08. The minimum Gasteiger partial charge on any atom is -0.508 e. The molecule has 6 heteroatoms. The van der Waals surface area contributed by atoms with E-state index in [2.05, 4.69) is 4.90 Å². The van der Waals surface area contributed by atoms with Crippen LogP contribution in [0, 0.1) is 0 Å². The number of aromatic hydroxyl groups is 1. The Balaban J connectivity index is 1.46. The standard InChI is InChI=1S/C29H28ClNO4/c30-22-9-7-21(8-10-22)28-26(25-12-11-23(32)19-27(25)35-29(28)33)18-20-5-4-6-24(17-20)34-16-15-31-13-2-1-3-14-31/h4-12,17,19,32H,1-3,13-16,18H2. The van der Waals surface area contributed by atoms with Gasteiger partial charge in [-0.3, -0.25) is 4.90 Å². The van der Waals surface area contributed by atoms with Crippen molar-refractivity contribution in [1.82, 2.24) is 4.90 Å². The second-order valence-electron chi connectivity index (χ2n) is 9.01. The molecule has 0 atom stereocenters. The SMILES string of the molecule is O=c1oc2cc(O)ccc2c(Cc2cccc(OCCN3CCCCC3)c2)c1-c1ccc(Cl)cc1. The third kappa shape index (κ3) is 5.53. The zero-order valence-corrected chi connectivity index (χ0v) is 20.3. The number of fused-ring (bicyclic) bond motifs is 1. The van der Waals surface area contributed by atoms with Crippen LogP contribution in [0.25, 0.3) is 22.1 Å². The van der Waals surface area contributed by atoms with E-state index in [9.17, 15) is 9.90 Å². The highest BCUT2D eigenvalue weighted by Gasteiger charge is 2.18. The number of piperidine rings is 1. The third-order valence-electron chi connectivity index (χ3n) is 6.54. The number of hydrogen-bond acceptors (Lipinski definition) is 5. The Morgan fingerprint density at radius 3 is 2.57 bits per heavy atom.